The highest BCUT2D eigenvalue weighted by atomic mass is 32.2. The number of likely N-dealkylation sites (tertiary alicyclic amines) is 1. The quantitative estimate of drug-likeness (QED) is 0.767. The number of benzene rings is 1. The van der Waals surface area contributed by atoms with Gasteiger partial charge < -0.3 is 10.0 Å². The van der Waals surface area contributed by atoms with Crippen LogP contribution < -0.4 is 4.72 Å². The molecule has 7 nitrogen and oxygen atoms in total. The molecule has 0 unspecified atom stereocenters. The molecule has 0 aromatic heterocycles. The Hall–Kier alpha value is -2.09. The zero-order valence-electron chi connectivity index (χ0n) is 14.3. The highest BCUT2D eigenvalue weighted by molar-refractivity contribution is 7.92. The zero-order valence-corrected chi connectivity index (χ0v) is 15.1. The van der Waals surface area contributed by atoms with Crippen molar-refractivity contribution < 1.29 is 23.1 Å². The minimum atomic E-state index is -3.48. The van der Waals surface area contributed by atoms with Crippen LogP contribution in [0.25, 0.3) is 0 Å². The van der Waals surface area contributed by atoms with Gasteiger partial charge in [-0.2, -0.15) is 0 Å². The molecule has 0 atom stereocenters. The maximum absolute atomic E-state index is 12.8. The molecule has 0 bridgehead atoms. The van der Waals surface area contributed by atoms with E-state index in [-0.39, 0.29) is 29.7 Å². The van der Waals surface area contributed by atoms with Gasteiger partial charge in [0.25, 0.3) is 5.91 Å². The van der Waals surface area contributed by atoms with E-state index in [1.54, 1.807) is 36.1 Å². The van der Waals surface area contributed by atoms with E-state index in [1.807, 2.05) is 0 Å². The fourth-order valence-electron chi connectivity index (χ4n) is 3.00. The molecule has 1 saturated heterocycles. The van der Waals surface area contributed by atoms with E-state index in [0.717, 1.165) is 0 Å². The van der Waals surface area contributed by atoms with Gasteiger partial charge in [-0.15, -0.1) is 0 Å². The minimum Gasteiger partial charge on any atom is -0.481 e. The van der Waals surface area contributed by atoms with E-state index in [9.17, 15) is 18.0 Å². The number of carboxylic acids is 1. The topological polar surface area (TPSA) is 104 Å². The van der Waals surface area contributed by atoms with E-state index in [0.29, 0.717) is 37.9 Å². The molecule has 0 spiro atoms. The number of para-hydroxylation sites is 1. The van der Waals surface area contributed by atoms with Crippen molar-refractivity contribution in [2.75, 3.05) is 23.6 Å². The normalized spacial score (nSPS) is 15.8. The molecule has 1 aliphatic heterocycles. The summed E-state index contributed by atoms with van der Waals surface area (Å²) < 4.78 is 26.5. The van der Waals surface area contributed by atoms with E-state index in [2.05, 4.69) is 4.72 Å². The van der Waals surface area contributed by atoms with Gasteiger partial charge in [-0.05, 0) is 37.3 Å². The second-order valence-electron chi connectivity index (χ2n) is 6.30. The van der Waals surface area contributed by atoms with E-state index in [1.165, 1.54) is 0 Å². The second kappa shape index (κ2) is 8.33. The lowest BCUT2D eigenvalue weighted by molar-refractivity contribution is -0.138. The van der Waals surface area contributed by atoms with Crippen molar-refractivity contribution in [3.63, 3.8) is 0 Å². The first-order chi connectivity index (χ1) is 11.8. The molecule has 2 N–H and O–H groups in total. The number of sulfonamides is 1. The Bertz CT molecular complexity index is 724. The van der Waals surface area contributed by atoms with Gasteiger partial charge in [0, 0.05) is 19.5 Å². The summed E-state index contributed by atoms with van der Waals surface area (Å²) in [6.07, 6.45) is 1.89. The molecule has 0 aliphatic carbocycles. The average Bonchev–Trinajstić information content (AvgIpc) is 2.54. The van der Waals surface area contributed by atoms with Gasteiger partial charge in [0.15, 0.2) is 0 Å². The predicted octanol–water partition coefficient (Wildman–Crippen LogP) is 2.17. The Morgan fingerprint density at radius 1 is 1.24 bits per heavy atom. The number of amides is 1. The molecule has 138 valence electrons. The molecule has 25 heavy (non-hydrogen) atoms. The van der Waals surface area contributed by atoms with Gasteiger partial charge in [0.2, 0.25) is 10.0 Å². The molecule has 2 rings (SSSR count). The molecular weight excluding hydrogens is 344 g/mol. The molecule has 0 saturated carbocycles. The van der Waals surface area contributed by atoms with Gasteiger partial charge in [0.1, 0.15) is 0 Å². The van der Waals surface area contributed by atoms with E-state index in [4.69, 9.17) is 5.11 Å². The second-order valence-corrected chi connectivity index (χ2v) is 8.14. The van der Waals surface area contributed by atoms with Crippen LogP contribution in [0.1, 0.15) is 43.0 Å². The first-order valence-electron chi connectivity index (χ1n) is 8.43. The third-order valence-corrected chi connectivity index (χ3v) is 5.74. The number of nitrogens with zero attached hydrogens (tertiary/aromatic N) is 1. The van der Waals surface area contributed by atoms with Crippen LogP contribution in [-0.2, 0) is 14.8 Å². The number of carbonyl (C=O) groups is 2. The van der Waals surface area contributed by atoms with Gasteiger partial charge in [-0.1, -0.05) is 19.1 Å². The first kappa shape index (κ1) is 19.2. The van der Waals surface area contributed by atoms with Crippen LogP contribution in [0.5, 0.6) is 0 Å². The molecule has 8 heteroatoms. The Morgan fingerprint density at radius 3 is 2.48 bits per heavy atom. The standard InChI is InChI=1S/C17H24N2O5S/c1-2-11-25(23,24)18-15-6-4-3-5-14(15)17(22)19-9-7-13(8-10-19)12-16(20)21/h3-6,13,18H,2,7-12H2,1H3,(H,20,21). The smallest absolute Gasteiger partial charge is 0.303 e. The first-order valence-corrected chi connectivity index (χ1v) is 10.1. The van der Waals surface area contributed by atoms with Crippen LogP contribution in [0.2, 0.25) is 0 Å². The van der Waals surface area contributed by atoms with E-state index >= 15 is 0 Å². The Kier molecular flexibility index (Phi) is 6.41. The van der Waals surface area contributed by atoms with Crippen molar-refractivity contribution in [1.82, 2.24) is 4.90 Å². The molecule has 1 fully saturated rings. The van der Waals surface area contributed by atoms with Crippen molar-refractivity contribution >= 4 is 27.6 Å². The third kappa shape index (κ3) is 5.45. The number of carbonyl (C=O) groups excluding carboxylic acids is 1. The predicted molar refractivity (Wildman–Crippen MR) is 95.0 cm³/mol. The van der Waals surface area contributed by atoms with Gasteiger partial charge >= 0.3 is 5.97 Å². The number of nitrogens with one attached hydrogen (secondary N) is 1. The minimum absolute atomic E-state index is 0.00386. The van der Waals surface area contributed by atoms with Gasteiger partial charge in [0.05, 0.1) is 17.0 Å². The van der Waals surface area contributed by atoms with E-state index < -0.39 is 16.0 Å². The molecule has 0 radical (unpaired) electrons. The summed E-state index contributed by atoms with van der Waals surface area (Å²) in [5.41, 5.74) is 0.604. The Morgan fingerprint density at radius 2 is 1.88 bits per heavy atom. The maximum atomic E-state index is 12.8. The summed E-state index contributed by atoms with van der Waals surface area (Å²) in [5, 5.41) is 8.86. The summed E-state index contributed by atoms with van der Waals surface area (Å²) in [6.45, 7) is 2.73. The van der Waals surface area contributed by atoms with Crippen LogP contribution >= 0.6 is 0 Å². The summed E-state index contributed by atoms with van der Waals surface area (Å²) >= 11 is 0. The lowest BCUT2D eigenvalue weighted by Gasteiger charge is -2.31. The van der Waals surface area contributed by atoms with Crippen molar-refractivity contribution in [3.8, 4) is 0 Å². The lowest BCUT2D eigenvalue weighted by atomic mass is 9.93. The highest BCUT2D eigenvalue weighted by Crippen LogP contribution is 2.24. The SMILES string of the molecule is CCCS(=O)(=O)Nc1ccccc1C(=O)N1CCC(CC(=O)O)CC1. The fraction of sp³-hybridized carbons (Fsp3) is 0.529. The molecule has 1 amide bonds. The summed E-state index contributed by atoms with van der Waals surface area (Å²) in [7, 11) is -3.48. The van der Waals surface area contributed by atoms with Gasteiger partial charge in [-0.25, -0.2) is 8.42 Å². The number of piperidine rings is 1. The number of aliphatic carboxylic acids is 1. The maximum Gasteiger partial charge on any atom is 0.303 e. The van der Waals surface area contributed by atoms with Crippen molar-refractivity contribution in [3.05, 3.63) is 29.8 Å². The van der Waals surface area contributed by atoms with Crippen LogP contribution in [0.3, 0.4) is 0 Å². The lowest BCUT2D eigenvalue weighted by Crippen LogP contribution is -2.39. The highest BCUT2D eigenvalue weighted by Gasteiger charge is 2.26. The average molecular weight is 368 g/mol. The van der Waals surface area contributed by atoms with Crippen molar-refractivity contribution in [2.45, 2.75) is 32.6 Å². The third-order valence-electron chi connectivity index (χ3n) is 4.26. The molecule has 1 aliphatic rings. The molecule has 1 aromatic rings. The number of hydrogen-bond donors (Lipinski definition) is 2. The molecule has 1 aromatic carbocycles. The van der Waals surface area contributed by atoms with Crippen LogP contribution in [-0.4, -0.2) is 49.1 Å². The van der Waals surface area contributed by atoms with Crippen LogP contribution in [0, 0.1) is 5.92 Å². The number of carboxylic acid groups (broad SMARTS) is 1. The Balaban J connectivity index is 2.09. The number of anilines is 1. The number of hydrogen-bond acceptors (Lipinski definition) is 4. The zero-order chi connectivity index (χ0) is 18.4. The molecular formula is C17H24N2O5S. The van der Waals surface area contributed by atoms with Crippen molar-refractivity contribution in [1.29, 1.82) is 0 Å². The van der Waals surface area contributed by atoms with Crippen LogP contribution in [0.4, 0.5) is 5.69 Å². The summed E-state index contributed by atoms with van der Waals surface area (Å²) in [4.78, 5) is 25.2. The van der Waals surface area contributed by atoms with Crippen molar-refractivity contribution in [2.24, 2.45) is 5.92 Å². The fourth-order valence-corrected chi connectivity index (χ4v) is 4.16. The summed E-state index contributed by atoms with van der Waals surface area (Å²) in [6, 6.07) is 6.56. The number of rotatable bonds is 7. The van der Waals surface area contributed by atoms with Crippen LogP contribution in [0.15, 0.2) is 24.3 Å². The molecule has 1 heterocycles. The van der Waals surface area contributed by atoms with Gasteiger partial charge in [-0.3, -0.25) is 14.3 Å². The summed E-state index contributed by atoms with van der Waals surface area (Å²) in [5.74, 6) is -0.972. The monoisotopic (exact) mass is 368 g/mol. The largest absolute Gasteiger partial charge is 0.481 e. The Labute approximate surface area is 148 Å².